The maximum absolute atomic E-state index is 14.0. The van der Waals surface area contributed by atoms with E-state index in [2.05, 4.69) is 31.9 Å². The van der Waals surface area contributed by atoms with Crippen LogP contribution in [-0.2, 0) is 102 Å². The Morgan fingerprint density at radius 2 is 0.899 bits per heavy atom. The fourth-order valence-corrected chi connectivity index (χ4v) is 13.2. The van der Waals surface area contributed by atoms with E-state index in [0.717, 1.165) is 0 Å². The molecule has 38 nitrogen and oxygen atoms in total. The Hall–Kier alpha value is -4.47. The summed E-state index contributed by atoms with van der Waals surface area (Å²) in [4.78, 5) is 118. The maximum atomic E-state index is 14.0. The summed E-state index contributed by atoms with van der Waals surface area (Å²) < 4.78 is 61.7. The van der Waals surface area contributed by atoms with Gasteiger partial charge in [0.15, 0.2) is 18.9 Å². The monoisotopic (exact) mass is 1470 g/mol. The fraction of sp³-hybridized carbons (Fsp3) is 0.864. The highest BCUT2D eigenvalue weighted by Gasteiger charge is 2.48. The summed E-state index contributed by atoms with van der Waals surface area (Å²) in [5.74, 6) is -3.99. The molecular formula is C59H106N9O29PS. The first-order chi connectivity index (χ1) is 46.9. The summed E-state index contributed by atoms with van der Waals surface area (Å²) in [5, 5.41) is 107. The molecule has 4 aliphatic rings. The highest BCUT2D eigenvalue weighted by Crippen LogP contribution is 2.49. The number of piperidine rings is 1. The van der Waals surface area contributed by atoms with Crippen molar-refractivity contribution in [2.45, 2.75) is 184 Å². The SMILES string of the molecule is CC(=O)NC1C(OCCOCCNC(=O)CN(CCCN(CC(=O)NCCOCCOC2OC(CO)C(O)C(O)C2NC(C)=O)C(=O)CCCC(=O)N2CCC(OP(O)(=S)OC(C)(C)C)CC2)CC(=O)NCCOCCOC2OC(CO)C(O)C(O)C2NC(C)=O)OC(CO)C(O)C1O. The number of likely N-dealkylation sites (tertiary alicyclic amines) is 1. The number of carbonyl (C=O) groups is 8. The van der Waals surface area contributed by atoms with Crippen molar-refractivity contribution < 1.29 is 141 Å². The lowest BCUT2D eigenvalue weighted by Gasteiger charge is -2.42. The third-order valence-corrected chi connectivity index (χ3v) is 17.4. The molecule has 0 saturated carbocycles. The van der Waals surface area contributed by atoms with E-state index < -0.39 is 178 Å². The lowest BCUT2D eigenvalue weighted by molar-refractivity contribution is -0.272. The largest absolute Gasteiger partial charge is 0.394 e. The van der Waals surface area contributed by atoms with Gasteiger partial charge in [-0.25, -0.2) is 0 Å². The van der Waals surface area contributed by atoms with E-state index in [-0.39, 0.29) is 137 Å². The summed E-state index contributed by atoms with van der Waals surface area (Å²) in [7, 11) is 0. The third kappa shape index (κ3) is 32.0. The molecule has 4 fully saturated rings. The minimum Gasteiger partial charge on any atom is -0.394 e. The van der Waals surface area contributed by atoms with Crippen LogP contribution in [0.15, 0.2) is 0 Å². The van der Waals surface area contributed by atoms with Gasteiger partial charge in [-0.2, -0.15) is 0 Å². The molecule has 0 aromatic heterocycles. The molecule has 572 valence electrons. The minimum absolute atomic E-state index is 0.0127. The van der Waals surface area contributed by atoms with Crippen LogP contribution in [0.3, 0.4) is 0 Å². The van der Waals surface area contributed by atoms with Gasteiger partial charge < -0.3 is 144 Å². The number of hydrogen-bond donors (Lipinski definition) is 16. The van der Waals surface area contributed by atoms with Crippen LogP contribution < -0.4 is 31.9 Å². The molecule has 4 rings (SSSR count). The zero-order valence-corrected chi connectivity index (χ0v) is 58.7. The highest BCUT2D eigenvalue weighted by atomic mass is 32.5. The van der Waals surface area contributed by atoms with Crippen molar-refractivity contribution in [1.82, 2.24) is 46.6 Å². The van der Waals surface area contributed by atoms with Crippen LogP contribution in [0.2, 0.25) is 0 Å². The molecule has 0 aromatic rings. The summed E-state index contributed by atoms with van der Waals surface area (Å²) >= 11 is 5.20. The molecule has 0 bridgehead atoms. The average Bonchev–Trinajstić information content (AvgIpc) is 0.830. The first kappa shape index (κ1) is 86.9. The predicted molar refractivity (Wildman–Crippen MR) is 345 cm³/mol. The second-order valence-electron chi connectivity index (χ2n) is 24.9. The van der Waals surface area contributed by atoms with Gasteiger partial charge in [0.1, 0.15) is 73.1 Å². The van der Waals surface area contributed by atoms with E-state index in [4.69, 9.17) is 63.5 Å². The Balaban J connectivity index is 1.37. The van der Waals surface area contributed by atoms with Gasteiger partial charge in [-0.05, 0) is 58.3 Å². The van der Waals surface area contributed by atoms with Crippen molar-refractivity contribution in [3.63, 3.8) is 0 Å². The number of amides is 8. The molecule has 99 heavy (non-hydrogen) atoms. The molecular weight excluding hydrogens is 1360 g/mol. The molecule has 8 amide bonds. The number of nitrogens with zero attached hydrogens (tertiary/aromatic N) is 3. The summed E-state index contributed by atoms with van der Waals surface area (Å²) in [5.41, 5.74) is -0.741. The molecule has 0 aliphatic carbocycles. The topological polar surface area (TPSA) is 522 Å². The van der Waals surface area contributed by atoms with Crippen LogP contribution in [-0.4, -0.2) is 361 Å². The van der Waals surface area contributed by atoms with Crippen LogP contribution in [0, 0.1) is 0 Å². The van der Waals surface area contributed by atoms with E-state index >= 15 is 0 Å². The molecule has 16 atom stereocenters. The number of rotatable bonds is 44. The predicted octanol–water partition coefficient (Wildman–Crippen LogP) is -8.00. The minimum atomic E-state index is -3.55. The van der Waals surface area contributed by atoms with E-state index in [0.29, 0.717) is 25.9 Å². The first-order valence-corrected chi connectivity index (χ1v) is 35.5. The van der Waals surface area contributed by atoms with Crippen molar-refractivity contribution in [1.29, 1.82) is 0 Å². The molecule has 0 aromatic carbocycles. The second kappa shape index (κ2) is 44.9. The molecule has 4 aliphatic heterocycles. The van der Waals surface area contributed by atoms with Crippen LogP contribution in [0.25, 0.3) is 0 Å². The molecule has 16 unspecified atom stereocenters. The van der Waals surface area contributed by atoms with E-state index in [1.165, 1.54) is 30.6 Å². The van der Waals surface area contributed by atoms with Gasteiger partial charge in [-0.3, -0.25) is 43.3 Å². The van der Waals surface area contributed by atoms with Crippen molar-refractivity contribution in [3.8, 4) is 0 Å². The molecule has 0 spiro atoms. The maximum Gasteiger partial charge on any atom is 0.325 e. The van der Waals surface area contributed by atoms with Gasteiger partial charge in [-0.1, -0.05) is 0 Å². The molecule has 16 N–H and O–H groups in total. The Morgan fingerprint density at radius 1 is 0.525 bits per heavy atom. The lowest BCUT2D eigenvalue weighted by atomic mass is 9.97. The number of carbonyl (C=O) groups excluding carboxylic acids is 8. The Kier molecular flexibility index (Phi) is 39.4. The lowest BCUT2D eigenvalue weighted by Crippen LogP contribution is -2.64. The van der Waals surface area contributed by atoms with Gasteiger partial charge in [0.25, 0.3) is 0 Å². The molecule has 0 radical (unpaired) electrons. The van der Waals surface area contributed by atoms with Crippen LogP contribution in [0.5, 0.6) is 0 Å². The normalized spacial score (nSPS) is 27.4. The van der Waals surface area contributed by atoms with Gasteiger partial charge in [0, 0.05) is 79.4 Å². The summed E-state index contributed by atoms with van der Waals surface area (Å²) in [6.45, 7) is 1.98. The summed E-state index contributed by atoms with van der Waals surface area (Å²) in [6.07, 6.45) is -16.1. The zero-order chi connectivity index (χ0) is 73.4. The van der Waals surface area contributed by atoms with Crippen molar-refractivity contribution >= 4 is 65.8 Å². The Morgan fingerprint density at radius 3 is 1.25 bits per heavy atom. The Labute approximate surface area is 579 Å². The smallest absolute Gasteiger partial charge is 0.325 e. The summed E-state index contributed by atoms with van der Waals surface area (Å²) in [6, 6.07) is -3.52. The van der Waals surface area contributed by atoms with Gasteiger partial charge in [0.05, 0.1) is 111 Å². The zero-order valence-electron chi connectivity index (χ0n) is 57.0. The highest BCUT2D eigenvalue weighted by molar-refractivity contribution is 8.07. The number of hydrogen-bond acceptors (Lipinski definition) is 30. The number of aliphatic hydroxyl groups is 9. The second-order valence-corrected chi connectivity index (χ2v) is 27.6. The number of aliphatic hydroxyl groups excluding tert-OH is 9. The van der Waals surface area contributed by atoms with Gasteiger partial charge >= 0.3 is 6.72 Å². The van der Waals surface area contributed by atoms with E-state index in [1.54, 1.807) is 25.7 Å². The van der Waals surface area contributed by atoms with Gasteiger partial charge in [-0.15, -0.1) is 0 Å². The fourth-order valence-electron chi connectivity index (χ4n) is 10.8. The third-order valence-electron chi connectivity index (χ3n) is 15.6. The van der Waals surface area contributed by atoms with Crippen LogP contribution in [0.1, 0.15) is 80.1 Å². The van der Waals surface area contributed by atoms with Crippen molar-refractivity contribution in [2.24, 2.45) is 0 Å². The molecule has 4 heterocycles. The Bertz CT molecular complexity index is 2450. The number of ether oxygens (including phenoxy) is 9. The molecule has 40 heteroatoms. The average molecular weight is 1470 g/mol. The standard InChI is InChI=1S/C59H106N9O29PS/c1-35(72)63-47-53(83)50(80)39(32-69)93-56(47)90-26-23-87-20-13-60-42(75)29-66(30-43(76)61-14-21-88-24-27-91-57-48(64-36(2)73)54(84)51(81)40(33-70)94-57)16-8-17-68(46(79)10-7-9-45(78)67-18-11-38(12-19-67)96-98(86,99)97-59(4,5)6)31-44(77)62-15-22-89-25-28-92-58-49(65-37(3)74)55(85)52(82)41(34-71)95-58/h38-41,47-58,69-71,80-85H,7-34H2,1-6H3,(H,60,75)(H,61,76)(H,62,77)(H,63,72)(H,64,73)(H,65,74)(H,86,99). The first-order valence-electron chi connectivity index (χ1n) is 32.9. The van der Waals surface area contributed by atoms with Crippen LogP contribution >= 0.6 is 6.72 Å². The van der Waals surface area contributed by atoms with Crippen LogP contribution in [0.4, 0.5) is 0 Å². The van der Waals surface area contributed by atoms with Gasteiger partial charge in [0.2, 0.25) is 47.3 Å². The van der Waals surface area contributed by atoms with E-state index in [1.807, 2.05) is 0 Å². The molecule has 4 saturated heterocycles. The van der Waals surface area contributed by atoms with Crippen molar-refractivity contribution in [3.05, 3.63) is 0 Å². The quantitative estimate of drug-likeness (QED) is 0.0199. The number of nitrogens with one attached hydrogen (secondary N) is 6. The van der Waals surface area contributed by atoms with E-state index in [9.17, 15) is 89.2 Å². The van der Waals surface area contributed by atoms with Crippen molar-refractivity contribution in [2.75, 3.05) is 145 Å².